The van der Waals surface area contributed by atoms with Crippen molar-refractivity contribution in [2.45, 2.75) is 38.0 Å². The second kappa shape index (κ2) is 6.98. The third-order valence-corrected chi connectivity index (χ3v) is 4.79. The highest BCUT2D eigenvalue weighted by molar-refractivity contribution is 8.00. The lowest BCUT2D eigenvalue weighted by atomic mass is 10.00. The zero-order chi connectivity index (χ0) is 15.4. The first-order valence-corrected chi connectivity index (χ1v) is 8.26. The molecule has 1 aliphatic heterocycles. The Hall–Kier alpha value is -1.49. The van der Waals surface area contributed by atoms with Crippen LogP contribution >= 0.6 is 11.8 Å². The molecule has 0 radical (unpaired) electrons. The fourth-order valence-corrected chi connectivity index (χ4v) is 3.75. The minimum absolute atomic E-state index is 0.194. The maximum atomic E-state index is 12.5. The predicted octanol–water partition coefficient (Wildman–Crippen LogP) is 2.63. The smallest absolute Gasteiger partial charge is 0.326 e. The van der Waals surface area contributed by atoms with Gasteiger partial charge < -0.3 is 10.4 Å². The van der Waals surface area contributed by atoms with E-state index < -0.39 is 12.0 Å². The number of carbonyl (C=O) groups excluding carboxylic acids is 1. The van der Waals surface area contributed by atoms with Crippen molar-refractivity contribution in [3.63, 3.8) is 0 Å². The van der Waals surface area contributed by atoms with E-state index in [1.165, 1.54) is 5.56 Å². The third-order valence-electron chi connectivity index (χ3n) is 3.55. The SMILES string of the molecule is CC(C)C[C@@H](NC(=O)C1SCCc2ccccc21)C(=O)O. The van der Waals surface area contributed by atoms with Gasteiger partial charge in [-0.25, -0.2) is 4.79 Å². The number of aryl methyl sites for hydroxylation is 1. The van der Waals surface area contributed by atoms with Crippen molar-refractivity contribution >= 4 is 23.6 Å². The molecule has 2 atom stereocenters. The van der Waals surface area contributed by atoms with Gasteiger partial charge >= 0.3 is 5.97 Å². The van der Waals surface area contributed by atoms with Crippen molar-refractivity contribution in [2.75, 3.05) is 5.75 Å². The van der Waals surface area contributed by atoms with Gasteiger partial charge in [-0.1, -0.05) is 38.1 Å². The first-order valence-electron chi connectivity index (χ1n) is 7.21. The largest absolute Gasteiger partial charge is 0.480 e. The first-order chi connectivity index (χ1) is 9.99. The number of nitrogens with one attached hydrogen (secondary N) is 1. The average molecular weight is 307 g/mol. The summed E-state index contributed by atoms with van der Waals surface area (Å²) in [7, 11) is 0. The van der Waals surface area contributed by atoms with Crippen LogP contribution in [0.25, 0.3) is 0 Å². The molecule has 1 unspecified atom stereocenters. The number of thioether (sulfide) groups is 1. The number of hydrogen-bond acceptors (Lipinski definition) is 3. The number of rotatable bonds is 5. The molecule has 0 spiro atoms. The van der Waals surface area contributed by atoms with Crippen LogP contribution in [0.15, 0.2) is 24.3 Å². The maximum Gasteiger partial charge on any atom is 0.326 e. The van der Waals surface area contributed by atoms with Crippen molar-refractivity contribution < 1.29 is 14.7 Å². The van der Waals surface area contributed by atoms with Crippen LogP contribution in [0, 0.1) is 5.92 Å². The second-order valence-corrected chi connectivity index (χ2v) is 6.94. The predicted molar refractivity (Wildman–Crippen MR) is 84.4 cm³/mol. The van der Waals surface area contributed by atoms with Gasteiger partial charge in [-0.15, -0.1) is 11.8 Å². The van der Waals surface area contributed by atoms with Crippen LogP contribution in [0.3, 0.4) is 0 Å². The molecule has 114 valence electrons. The van der Waals surface area contributed by atoms with Gasteiger partial charge in [0.15, 0.2) is 0 Å². The Bertz CT molecular complexity index is 530. The molecule has 5 heteroatoms. The van der Waals surface area contributed by atoms with E-state index in [1.807, 2.05) is 38.1 Å². The van der Waals surface area contributed by atoms with Gasteiger partial charge in [-0.2, -0.15) is 0 Å². The molecule has 21 heavy (non-hydrogen) atoms. The van der Waals surface area contributed by atoms with Crippen molar-refractivity contribution in [3.8, 4) is 0 Å². The summed E-state index contributed by atoms with van der Waals surface area (Å²) in [5.41, 5.74) is 2.20. The zero-order valence-corrected chi connectivity index (χ0v) is 13.2. The number of amides is 1. The van der Waals surface area contributed by atoms with Crippen LogP contribution in [-0.4, -0.2) is 28.8 Å². The standard InChI is InChI=1S/C16H21NO3S/c1-10(2)9-13(16(19)20)17-15(18)14-12-6-4-3-5-11(12)7-8-21-14/h3-6,10,13-14H,7-9H2,1-2H3,(H,17,18)(H,19,20)/t13-,14?/m1/s1. The third kappa shape index (κ3) is 4.00. The van der Waals surface area contributed by atoms with E-state index >= 15 is 0 Å². The van der Waals surface area contributed by atoms with Gasteiger partial charge in [-0.3, -0.25) is 4.79 Å². The Labute approximate surface area is 129 Å². The highest BCUT2D eigenvalue weighted by Crippen LogP contribution is 2.36. The molecule has 0 aliphatic carbocycles. The Balaban J connectivity index is 2.12. The van der Waals surface area contributed by atoms with Gasteiger partial charge in [-0.05, 0) is 35.6 Å². The second-order valence-electron chi connectivity index (χ2n) is 5.73. The molecular formula is C16H21NO3S. The van der Waals surface area contributed by atoms with E-state index in [4.69, 9.17) is 0 Å². The molecule has 0 aromatic heterocycles. The highest BCUT2D eigenvalue weighted by atomic mass is 32.2. The number of benzene rings is 1. The van der Waals surface area contributed by atoms with Gasteiger partial charge in [0.25, 0.3) is 0 Å². The zero-order valence-electron chi connectivity index (χ0n) is 12.3. The Morgan fingerprint density at radius 2 is 2.10 bits per heavy atom. The number of fused-ring (bicyclic) bond motifs is 1. The Morgan fingerprint density at radius 1 is 1.38 bits per heavy atom. The molecule has 2 rings (SSSR count). The van der Waals surface area contributed by atoms with Crippen LogP contribution in [0.4, 0.5) is 0 Å². The van der Waals surface area contributed by atoms with Crippen molar-refractivity contribution in [1.29, 1.82) is 0 Å². The first kappa shape index (κ1) is 15.9. The van der Waals surface area contributed by atoms with E-state index in [9.17, 15) is 14.7 Å². The minimum atomic E-state index is -0.967. The van der Waals surface area contributed by atoms with Crippen molar-refractivity contribution in [1.82, 2.24) is 5.32 Å². The number of carboxylic acids is 1. The Kier molecular flexibility index (Phi) is 5.28. The molecule has 0 saturated heterocycles. The van der Waals surface area contributed by atoms with Gasteiger partial charge in [0.05, 0.1) is 0 Å². The number of carboxylic acid groups (broad SMARTS) is 1. The van der Waals surface area contributed by atoms with Crippen molar-refractivity contribution in [3.05, 3.63) is 35.4 Å². The van der Waals surface area contributed by atoms with Crippen LogP contribution in [-0.2, 0) is 16.0 Å². The molecule has 1 aromatic rings. The monoisotopic (exact) mass is 307 g/mol. The van der Waals surface area contributed by atoms with Crippen LogP contribution in [0.5, 0.6) is 0 Å². The van der Waals surface area contributed by atoms with Crippen molar-refractivity contribution in [2.24, 2.45) is 5.92 Å². The fourth-order valence-electron chi connectivity index (χ4n) is 2.55. The molecular weight excluding hydrogens is 286 g/mol. The summed E-state index contributed by atoms with van der Waals surface area (Å²) >= 11 is 1.58. The van der Waals surface area contributed by atoms with Crippen LogP contribution < -0.4 is 5.32 Å². The van der Waals surface area contributed by atoms with E-state index in [0.29, 0.717) is 6.42 Å². The van der Waals surface area contributed by atoms with E-state index in [0.717, 1.165) is 17.7 Å². The van der Waals surface area contributed by atoms with Gasteiger partial charge in [0, 0.05) is 0 Å². The summed E-state index contributed by atoms with van der Waals surface area (Å²) in [5.74, 6) is -0.0548. The molecule has 4 nitrogen and oxygen atoms in total. The molecule has 0 saturated carbocycles. The molecule has 1 heterocycles. The summed E-state index contributed by atoms with van der Waals surface area (Å²) < 4.78 is 0. The lowest BCUT2D eigenvalue weighted by molar-refractivity contribution is -0.142. The lowest BCUT2D eigenvalue weighted by Crippen LogP contribution is -2.43. The lowest BCUT2D eigenvalue weighted by Gasteiger charge is -2.26. The topological polar surface area (TPSA) is 66.4 Å². The fraction of sp³-hybridized carbons (Fsp3) is 0.500. The summed E-state index contributed by atoms with van der Waals surface area (Å²) in [6.07, 6.45) is 1.40. The van der Waals surface area contributed by atoms with E-state index in [-0.39, 0.29) is 17.1 Å². The van der Waals surface area contributed by atoms with E-state index in [2.05, 4.69) is 5.32 Å². The minimum Gasteiger partial charge on any atom is -0.480 e. The number of hydrogen-bond donors (Lipinski definition) is 2. The van der Waals surface area contributed by atoms with Gasteiger partial charge in [0.1, 0.15) is 11.3 Å². The number of carbonyl (C=O) groups is 2. The summed E-state index contributed by atoms with van der Waals surface area (Å²) in [4.78, 5) is 23.7. The summed E-state index contributed by atoms with van der Waals surface area (Å²) in [5, 5.41) is 11.6. The molecule has 1 aromatic carbocycles. The molecule has 0 fully saturated rings. The summed E-state index contributed by atoms with van der Waals surface area (Å²) in [6, 6.07) is 7.09. The summed E-state index contributed by atoms with van der Waals surface area (Å²) in [6.45, 7) is 3.90. The van der Waals surface area contributed by atoms with Crippen LogP contribution in [0.1, 0.15) is 36.6 Å². The quantitative estimate of drug-likeness (QED) is 0.877. The average Bonchev–Trinajstić information content (AvgIpc) is 2.45. The Morgan fingerprint density at radius 3 is 2.76 bits per heavy atom. The maximum absolute atomic E-state index is 12.5. The normalized spacial score (nSPS) is 18.9. The molecule has 1 aliphatic rings. The highest BCUT2D eigenvalue weighted by Gasteiger charge is 2.30. The molecule has 2 N–H and O–H groups in total. The molecule has 1 amide bonds. The molecule has 0 bridgehead atoms. The number of aliphatic carboxylic acids is 1. The van der Waals surface area contributed by atoms with Gasteiger partial charge in [0.2, 0.25) is 5.91 Å². The van der Waals surface area contributed by atoms with E-state index in [1.54, 1.807) is 11.8 Å². The van der Waals surface area contributed by atoms with Crippen LogP contribution in [0.2, 0.25) is 0 Å².